The summed E-state index contributed by atoms with van der Waals surface area (Å²) < 4.78 is 15.8. The van der Waals surface area contributed by atoms with E-state index in [9.17, 15) is 5.11 Å². The molecule has 0 amide bonds. The standard InChI is InChI=1S/C16H21N3O4/c1-11-17-16(18-23-11)10-22-13-5-3-12(4-6-13)7-19(2)14-8-21-9-15(14)20/h3-6,14-15,20H,7-10H2,1-2H3/t14-,15-/m1/s1. The highest BCUT2D eigenvalue weighted by molar-refractivity contribution is 5.27. The van der Waals surface area contributed by atoms with Gasteiger partial charge in [0.1, 0.15) is 5.75 Å². The molecule has 1 aliphatic heterocycles. The van der Waals surface area contributed by atoms with E-state index in [4.69, 9.17) is 14.0 Å². The maximum absolute atomic E-state index is 9.86. The van der Waals surface area contributed by atoms with Gasteiger partial charge in [-0.2, -0.15) is 4.98 Å². The van der Waals surface area contributed by atoms with Gasteiger partial charge in [0, 0.05) is 13.5 Å². The number of nitrogens with zero attached hydrogens (tertiary/aromatic N) is 3. The van der Waals surface area contributed by atoms with E-state index in [-0.39, 0.29) is 12.6 Å². The largest absolute Gasteiger partial charge is 0.485 e. The van der Waals surface area contributed by atoms with Crippen molar-refractivity contribution in [2.75, 3.05) is 20.3 Å². The van der Waals surface area contributed by atoms with Crippen LogP contribution in [0.4, 0.5) is 0 Å². The van der Waals surface area contributed by atoms with E-state index < -0.39 is 6.10 Å². The van der Waals surface area contributed by atoms with Gasteiger partial charge in [-0.05, 0) is 24.7 Å². The highest BCUT2D eigenvalue weighted by atomic mass is 16.5. The molecule has 1 saturated heterocycles. The molecule has 0 saturated carbocycles. The summed E-state index contributed by atoms with van der Waals surface area (Å²) in [6.07, 6.45) is -0.416. The summed E-state index contributed by atoms with van der Waals surface area (Å²) in [4.78, 5) is 6.20. The molecular formula is C16H21N3O4. The smallest absolute Gasteiger partial charge is 0.223 e. The predicted octanol–water partition coefficient (Wildman–Crippen LogP) is 1.15. The molecule has 2 atom stereocenters. The highest BCUT2D eigenvalue weighted by Gasteiger charge is 2.29. The number of aliphatic hydroxyl groups is 1. The van der Waals surface area contributed by atoms with Crippen molar-refractivity contribution in [1.82, 2.24) is 15.0 Å². The summed E-state index contributed by atoms with van der Waals surface area (Å²) in [6, 6.07) is 7.90. The normalized spacial score (nSPS) is 21.0. The fourth-order valence-corrected chi connectivity index (χ4v) is 2.60. The number of aryl methyl sites for hydroxylation is 1. The van der Waals surface area contributed by atoms with E-state index >= 15 is 0 Å². The van der Waals surface area contributed by atoms with E-state index in [0.717, 1.165) is 17.9 Å². The maximum Gasteiger partial charge on any atom is 0.223 e. The van der Waals surface area contributed by atoms with Gasteiger partial charge in [0.2, 0.25) is 11.7 Å². The number of aliphatic hydroxyl groups excluding tert-OH is 1. The molecular weight excluding hydrogens is 298 g/mol. The van der Waals surface area contributed by atoms with Crippen molar-refractivity contribution >= 4 is 0 Å². The summed E-state index contributed by atoms with van der Waals surface area (Å²) in [5, 5.41) is 13.6. The van der Waals surface area contributed by atoms with Gasteiger partial charge in [0.15, 0.2) is 6.61 Å². The lowest BCUT2D eigenvalue weighted by atomic mass is 10.1. The molecule has 1 aromatic carbocycles. The van der Waals surface area contributed by atoms with Gasteiger partial charge < -0.3 is 19.1 Å². The number of aromatic nitrogens is 2. The molecule has 0 unspecified atom stereocenters. The van der Waals surface area contributed by atoms with Crippen LogP contribution in [0.1, 0.15) is 17.3 Å². The minimum Gasteiger partial charge on any atom is -0.485 e. The molecule has 2 heterocycles. The Kier molecular flexibility index (Phi) is 4.90. The zero-order valence-electron chi connectivity index (χ0n) is 13.3. The molecule has 7 nitrogen and oxygen atoms in total. The third kappa shape index (κ3) is 4.07. The SMILES string of the molecule is Cc1nc(COc2ccc(CN(C)[C@@H]3COC[C@H]3O)cc2)no1. The van der Waals surface area contributed by atoms with Crippen LogP contribution in [0, 0.1) is 6.92 Å². The lowest BCUT2D eigenvalue weighted by molar-refractivity contribution is 0.0925. The average Bonchev–Trinajstić information content (AvgIpc) is 3.15. The van der Waals surface area contributed by atoms with Crippen molar-refractivity contribution in [3.63, 3.8) is 0 Å². The van der Waals surface area contributed by atoms with Crippen molar-refractivity contribution in [3.8, 4) is 5.75 Å². The van der Waals surface area contributed by atoms with E-state index in [1.165, 1.54) is 0 Å². The molecule has 7 heteroatoms. The van der Waals surface area contributed by atoms with Gasteiger partial charge in [-0.1, -0.05) is 17.3 Å². The highest BCUT2D eigenvalue weighted by Crippen LogP contribution is 2.18. The Labute approximate surface area is 134 Å². The molecule has 0 spiro atoms. The van der Waals surface area contributed by atoms with Gasteiger partial charge in [-0.25, -0.2) is 0 Å². The van der Waals surface area contributed by atoms with Crippen LogP contribution in [0.5, 0.6) is 5.75 Å². The summed E-state index contributed by atoms with van der Waals surface area (Å²) >= 11 is 0. The van der Waals surface area contributed by atoms with Gasteiger partial charge in [0.25, 0.3) is 0 Å². The van der Waals surface area contributed by atoms with Crippen LogP contribution < -0.4 is 4.74 Å². The van der Waals surface area contributed by atoms with Crippen molar-refractivity contribution in [2.24, 2.45) is 0 Å². The van der Waals surface area contributed by atoms with Crippen molar-refractivity contribution < 1.29 is 19.1 Å². The molecule has 3 rings (SSSR count). The first-order chi connectivity index (χ1) is 11.1. The molecule has 1 N–H and O–H groups in total. The predicted molar refractivity (Wildman–Crippen MR) is 81.9 cm³/mol. The van der Waals surface area contributed by atoms with Crippen LogP contribution in [0.25, 0.3) is 0 Å². The van der Waals surface area contributed by atoms with Crippen LogP contribution in [0.2, 0.25) is 0 Å². The first-order valence-corrected chi connectivity index (χ1v) is 7.59. The number of rotatable bonds is 6. The first-order valence-electron chi connectivity index (χ1n) is 7.59. The number of benzene rings is 1. The number of hydrogen-bond acceptors (Lipinski definition) is 7. The Morgan fingerprint density at radius 3 is 2.70 bits per heavy atom. The Bertz CT molecular complexity index is 629. The van der Waals surface area contributed by atoms with E-state index in [1.807, 2.05) is 31.3 Å². The lowest BCUT2D eigenvalue weighted by Crippen LogP contribution is -2.39. The number of hydrogen-bond donors (Lipinski definition) is 1. The molecule has 0 aliphatic carbocycles. The molecule has 23 heavy (non-hydrogen) atoms. The minimum absolute atomic E-state index is 0.0485. The molecule has 1 aliphatic rings. The Hall–Kier alpha value is -1.96. The van der Waals surface area contributed by atoms with Gasteiger partial charge in [-0.3, -0.25) is 4.90 Å². The molecule has 1 fully saturated rings. The summed E-state index contributed by atoms with van der Waals surface area (Å²) in [5.74, 6) is 1.81. The van der Waals surface area contributed by atoms with Crippen LogP contribution in [-0.4, -0.2) is 52.6 Å². The molecule has 0 bridgehead atoms. The quantitative estimate of drug-likeness (QED) is 0.855. The molecule has 2 aromatic rings. The Morgan fingerprint density at radius 2 is 2.09 bits per heavy atom. The third-order valence-corrected chi connectivity index (χ3v) is 3.88. The number of ether oxygens (including phenoxy) is 2. The van der Waals surface area contributed by atoms with Crippen LogP contribution in [-0.2, 0) is 17.9 Å². The Balaban J connectivity index is 1.52. The third-order valence-electron chi connectivity index (χ3n) is 3.88. The van der Waals surface area contributed by atoms with Crippen LogP contribution >= 0.6 is 0 Å². The lowest BCUT2D eigenvalue weighted by Gasteiger charge is -2.25. The van der Waals surface area contributed by atoms with Crippen molar-refractivity contribution in [1.29, 1.82) is 0 Å². The summed E-state index contributed by atoms with van der Waals surface area (Å²) in [6.45, 7) is 3.76. The summed E-state index contributed by atoms with van der Waals surface area (Å²) in [5.41, 5.74) is 1.15. The summed E-state index contributed by atoms with van der Waals surface area (Å²) in [7, 11) is 1.99. The molecule has 124 valence electrons. The zero-order valence-corrected chi connectivity index (χ0v) is 13.3. The second kappa shape index (κ2) is 7.08. The average molecular weight is 319 g/mol. The molecule has 1 aromatic heterocycles. The van der Waals surface area contributed by atoms with Crippen molar-refractivity contribution in [3.05, 3.63) is 41.5 Å². The van der Waals surface area contributed by atoms with Gasteiger partial charge >= 0.3 is 0 Å². The zero-order chi connectivity index (χ0) is 16.2. The van der Waals surface area contributed by atoms with Crippen LogP contribution in [0.3, 0.4) is 0 Å². The Morgan fingerprint density at radius 1 is 1.30 bits per heavy atom. The van der Waals surface area contributed by atoms with E-state index in [1.54, 1.807) is 6.92 Å². The minimum atomic E-state index is -0.416. The fraction of sp³-hybridized carbons (Fsp3) is 0.500. The van der Waals surface area contributed by atoms with Crippen LogP contribution in [0.15, 0.2) is 28.8 Å². The second-order valence-electron chi connectivity index (χ2n) is 5.75. The number of likely N-dealkylation sites (N-methyl/N-ethyl adjacent to an activating group) is 1. The van der Waals surface area contributed by atoms with E-state index in [0.29, 0.717) is 24.9 Å². The van der Waals surface area contributed by atoms with E-state index in [2.05, 4.69) is 15.0 Å². The second-order valence-corrected chi connectivity index (χ2v) is 5.75. The maximum atomic E-state index is 9.86. The van der Waals surface area contributed by atoms with Crippen molar-refractivity contribution in [2.45, 2.75) is 32.2 Å². The topological polar surface area (TPSA) is 80.9 Å². The first kappa shape index (κ1) is 15.9. The fourth-order valence-electron chi connectivity index (χ4n) is 2.60. The molecule has 0 radical (unpaired) electrons. The van der Waals surface area contributed by atoms with Gasteiger partial charge in [0.05, 0.1) is 25.4 Å². The van der Waals surface area contributed by atoms with Gasteiger partial charge in [-0.15, -0.1) is 0 Å². The monoisotopic (exact) mass is 319 g/mol.